The Bertz CT molecular complexity index is 649. The maximum Gasteiger partial charge on any atom is 0.271 e. The number of rotatable bonds is 4. The summed E-state index contributed by atoms with van der Waals surface area (Å²) in [6.45, 7) is 1.86. The van der Waals surface area contributed by atoms with Gasteiger partial charge in [0.05, 0.1) is 9.95 Å². The van der Waals surface area contributed by atoms with E-state index in [0.29, 0.717) is 5.69 Å². The highest BCUT2D eigenvalue weighted by molar-refractivity contribution is 6.30. The molecule has 0 heterocycles. The van der Waals surface area contributed by atoms with Crippen molar-refractivity contribution in [2.45, 2.75) is 13.0 Å². The van der Waals surface area contributed by atoms with Crippen molar-refractivity contribution in [3.8, 4) is 0 Å². The Labute approximate surface area is 120 Å². The molecule has 6 heteroatoms. The van der Waals surface area contributed by atoms with E-state index < -0.39 is 10.7 Å². The third kappa shape index (κ3) is 3.24. The summed E-state index contributed by atoms with van der Waals surface area (Å²) < 4.78 is 13.1. The molecule has 0 saturated heterocycles. The van der Waals surface area contributed by atoms with Crippen LogP contribution in [0.1, 0.15) is 18.5 Å². The molecule has 2 aromatic rings. The van der Waals surface area contributed by atoms with E-state index in [1.807, 2.05) is 6.92 Å². The predicted molar refractivity (Wildman–Crippen MR) is 76.5 cm³/mol. The molecule has 0 aliphatic heterocycles. The maximum atomic E-state index is 13.1. The molecule has 0 saturated carbocycles. The van der Waals surface area contributed by atoms with E-state index >= 15 is 0 Å². The minimum absolute atomic E-state index is 0.0133. The van der Waals surface area contributed by atoms with Crippen molar-refractivity contribution in [3.05, 3.63) is 69.0 Å². The van der Waals surface area contributed by atoms with E-state index in [1.165, 1.54) is 24.3 Å². The SMILES string of the molecule is CC(Nc1cccc([N+](=O)[O-])c1)c1ccc(F)c(Cl)c1. The third-order valence-corrected chi connectivity index (χ3v) is 3.17. The average Bonchev–Trinajstić information content (AvgIpc) is 2.42. The second kappa shape index (κ2) is 5.88. The van der Waals surface area contributed by atoms with Crippen LogP contribution < -0.4 is 5.32 Å². The van der Waals surface area contributed by atoms with Gasteiger partial charge in [-0.2, -0.15) is 0 Å². The zero-order valence-electron chi connectivity index (χ0n) is 10.6. The fourth-order valence-electron chi connectivity index (χ4n) is 1.82. The Hall–Kier alpha value is -2.14. The number of hydrogen-bond acceptors (Lipinski definition) is 3. The fourth-order valence-corrected chi connectivity index (χ4v) is 2.01. The Morgan fingerprint density at radius 3 is 2.70 bits per heavy atom. The number of nitrogens with one attached hydrogen (secondary N) is 1. The molecule has 1 unspecified atom stereocenters. The van der Waals surface area contributed by atoms with Gasteiger partial charge in [0.25, 0.3) is 5.69 Å². The lowest BCUT2D eigenvalue weighted by Gasteiger charge is -2.16. The average molecular weight is 295 g/mol. The lowest BCUT2D eigenvalue weighted by molar-refractivity contribution is -0.384. The van der Waals surface area contributed by atoms with Crippen LogP contribution in [0.3, 0.4) is 0 Å². The topological polar surface area (TPSA) is 55.2 Å². The standard InChI is InChI=1S/C14H12ClFN2O2/c1-9(10-5-6-14(16)13(15)7-10)17-11-3-2-4-12(8-11)18(19)20/h2-9,17H,1H3. The molecule has 4 nitrogen and oxygen atoms in total. The van der Waals surface area contributed by atoms with E-state index in [-0.39, 0.29) is 16.8 Å². The summed E-state index contributed by atoms with van der Waals surface area (Å²) in [4.78, 5) is 10.3. The van der Waals surface area contributed by atoms with Gasteiger partial charge in [-0.15, -0.1) is 0 Å². The van der Waals surface area contributed by atoms with Crippen molar-refractivity contribution >= 4 is 23.0 Å². The zero-order chi connectivity index (χ0) is 14.7. The van der Waals surface area contributed by atoms with Gasteiger partial charge < -0.3 is 5.32 Å². The Morgan fingerprint density at radius 2 is 2.05 bits per heavy atom. The number of nitrogens with zero attached hydrogens (tertiary/aromatic N) is 1. The van der Waals surface area contributed by atoms with Crippen LogP contribution in [0.15, 0.2) is 42.5 Å². The molecule has 2 rings (SSSR count). The quantitative estimate of drug-likeness (QED) is 0.664. The lowest BCUT2D eigenvalue weighted by Crippen LogP contribution is -2.07. The molecule has 1 atom stereocenters. The van der Waals surface area contributed by atoms with E-state index in [9.17, 15) is 14.5 Å². The van der Waals surface area contributed by atoms with Gasteiger partial charge in [0.1, 0.15) is 5.82 Å². The highest BCUT2D eigenvalue weighted by Crippen LogP contribution is 2.25. The molecule has 0 fully saturated rings. The summed E-state index contributed by atoms with van der Waals surface area (Å²) in [5.74, 6) is -0.474. The second-order valence-electron chi connectivity index (χ2n) is 4.35. The normalized spacial score (nSPS) is 11.9. The monoisotopic (exact) mass is 294 g/mol. The lowest BCUT2D eigenvalue weighted by atomic mass is 10.1. The van der Waals surface area contributed by atoms with Crippen LogP contribution in [0.4, 0.5) is 15.8 Å². The van der Waals surface area contributed by atoms with Crippen molar-refractivity contribution < 1.29 is 9.31 Å². The summed E-state index contributed by atoms with van der Waals surface area (Å²) >= 11 is 5.74. The van der Waals surface area contributed by atoms with Gasteiger partial charge in [-0.1, -0.05) is 23.7 Å². The largest absolute Gasteiger partial charge is 0.378 e. The second-order valence-corrected chi connectivity index (χ2v) is 4.75. The molecule has 0 aromatic heterocycles. The van der Waals surface area contributed by atoms with Crippen LogP contribution in [0.2, 0.25) is 5.02 Å². The van der Waals surface area contributed by atoms with Crippen LogP contribution in [0.5, 0.6) is 0 Å². The van der Waals surface area contributed by atoms with E-state index in [2.05, 4.69) is 5.32 Å². The number of benzene rings is 2. The highest BCUT2D eigenvalue weighted by atomic mass is 35.5. The van der Waals surface area contributed by atoms with Crippen molar-refractivity contribution in [1.29, 1.82) is 0 Å². The van der Waals surface area contributed by atoms with Crippen LogP contribution >= 0.6 is 11.6 Å². The Balaban J connectivity index is 2.18. The molecule has 0 radical (unpaired) electrons. The summed E-state index contributed by atoms with van der Waals surface area (Å²) in [6.07, 6.45) is 0. The van der Waals surface area contributed by atoms with Gasteiger partial charge in [0.2, 0.25) is 0 Å². The molecular formula is C14H12ClFN2O2. The molecule has 1 N–H and O–H groups in total. The van der Waals surface area contributed by atoms with Gasteiger partial charge in [-0.05, 0) is 30.7 Å². The van der Waals surface area contributed by atoms with E-state index in [4.69, 9.17) is 11.6 Å². The van der Waals surface area contributed by atoms with Gasteiger partial charge in [-0.3, -0.25) is 10.1 Å². The van der Waals surface area contributed by atoms with Gasteiger partial charge >= 0.3 is 0 Å². The van der Waals surface area contributed by atoms with Gasteiger partial charge in [0.15, 0.2) is 0 Å². The predicted octanol–water partition coefficient (Wildman–Crippen LogP) is 4.56. The number of non-ortho nitro benzene ring substituents is 1. The molecule has 0 aliphatic carbocycles. The molecule has 0 bridgehead atoms. The van der Waals surface area contributed by atoms with Gasteiger partial charge in [-0.25, -0.2) is 4.39 Å². The molecule has 2 aromatic carbocycles. The third-order valence-electron chi connectivity index (χ3n) is 2.88. The Morgan fingerprint density at radius 1 is 1.30 bits per heavy atom. The van der Waals surface area contributed by atoms with Crippen molar-refractivity contribution in [2.24, 2.45) is 0 Å². The Kier molecular flexibility index (Phi) is 4.20. The molecule has 104 valence electrons. The van der Waals surface area contributed by atoms with Crippen LogP contribution in [0, 0.1) is 15.9 Å². The number of anilines is 1. The molecule has 20 heavy (non-hydrogen) atoms. The first kappa shape index (κ1) is 14.3. The first-order chi connectivity index (χ1) is 9.47. The first-order valence-electron chi connectivity index (χ1n) is 5.93. The number of nitro groups is 1. The molecule has 0 aliphatic rings. The minimum atomic E-state index is -0.474. The molecular weight excluding hydrogens is 283 g/mol. The molecule has 0 amide bonds. The fraction of sp³-hybridized carbons (Fsp3) is 0.143. The van der Waals surface area contributed by atoms with E-state index in [0.717, 1.165) is 5.56 Å². The summed E-state index contributed by atoms with van der Waals surface area (Å²) in [6, 6.07) is 10.5. The summed E-state index contributed by atoms with van der Waals surface area (Å²) in [5, 5.41) is 13.9. The van der Waals surface area contributed by atoms with Gasteiger partial charge in [0, 0.05) is 23.9 Å². The van der Waals surface area contributed by atoms with Crippen molar-refractivity contribution in [1.82, 2.24) is 0 Å². The van der Waals surface area contributed by atoms with Crippen molar-refractivity contribution in [3.63, 3.8) is 0 Å². The number of nitro benzene ring substituents is 1. The minimum Gasteiger partial charge on any atom is -0.378 e. The smallest absolute Gasteiger partial charge is 0.271 e. The highest BCUT2D eigenvalue weighted by Gasteiger charge is 2.10. The van der Waals surface area contributed by atoms with Crippen LogP contribution in [0.25, 0.3) is 0 Å². The molecule has 0 spiro atoms. The summed E-state index contributed by atoms with van der Waals surface area (Å²) in [7, 11) is 0. The van der Waals surface area contributed by atoms with Crippen LogP contribution in [-0.2, 0) is 0 Å². The number of halogens is 2. The first-order valence-corrected chi connectivity index (χ1v) is 6.31. The maximum absolute atomic E-state index is 13.1. The van der Waals surface area contributed by atoms with Crippen molar-refractivity contribution in [2.75, 3.05) is 5.32 Å². The van der Waals surface area contributed by atoms with Crippen LogP contribution in [-0.4, -0.2) is 4.92 Å². The number of hydrogen-bond donors (Lipinski definition) is 1. The summed E-state index contributed by atoms with van der Waals surface area (Å²) in [5.41, 5.74) is 1.43. The zero-order valence-corrected chi connectivity index (χ0v) is 11.4. The van der Waals surface area contributed by atoms with E-state index in [1.54, 1.807) is 18.2 Å².